The summed E-state index contributed by atoms with van der Waals surface area (Å²) in [6.45, 7) is 0. The summed E-state index contributed by atoms with van der Waals surface area (Å²) >= 11 is 0. The minimum Gasteiger partial charge on any atom is -0.506 e. The maximum Gasteiger partial charge on any atom is 0.391 e. The first-order valence-corrected chi connectivity index (χ1v) is 8.54. The van der Waals surface area contributed by atoms with Crippen LogP contribution in [-0.2, 0) is 0 Å². The molecule has 6 nitrogen and oxygen atoms in total. The Morgan fingerprint density at radius 1 is 0.688 bits per heavy atom. The van der Waals surface area contributed by atoms with Gasteiger partial charge >= 0.3 is 29.5 Å². The highest BCUT2D eigenvalue weighted by Gasteiger charge is 2.93. The SMILES string of the molecule is Nc1cc(OC2(F)CC(F)(F)C(F)(F)C(F)(F)C2(F)Oc2ccc(O)c(N)c2)ccc1O. The lowest BCUT2D eigenvalue weighted by atomic mass is 9.80. The fourth-order valence-corrected chi connectivity index (χ4v) is 2.96. The normalized spacial score (nSPS) is 28.1. The van der Waals surface area contributed by atoms with Crippen molar-refractivity contribution in [2.24, 2.45) is 0 Å². The monoisotopic (exact) mass is 474 g/mol. The van der Waals surface area contributed by atoms with Crippen molar-refractivity contribution in [3.63, 3.8) is 0 Å². The molecule has 1 aliphatic carbocycles. The van der Waals surface area contributed by atoms with Crippen LogP contribution in [0.5, 0.6) is 23.0 Å². The van der Waals surface area contributed by atoms with Crippen molar-refractivity contribution in [2.45, 2.75) is 35.9 Å². The number of halogens is 8. The Hall–Kier alpha value is -3.32. The van der Waals surface area contributed by atoms with E-state index in [2.05, 4.69) is 9.47 Å². The van der Waals surface area contributed by atoms with E-state index < -0.39 is 70.3 Å². The van der Waals surface area contributed by atoms with Crippen molar-refractivity contribution in [3.05, 3.63) is 36.4 Å². The van der Waals surface area contributed by atoms with Gasteiger partial charge in [0.25, 0.3) is 0 Å². The Morgan fingerprint density at radius 2 is 1.12 bits per heavy atom. The van der Waals surface area contributed by atoms with Crippen molar-refractivity contribution in [2.75, 3.05) is 11.5 Å². The van der Waals surface area contributed by atoms with E-state index in [0.29, 0.717) is 30.3 Å². The van der Waals surface area contributed by atoms with E-state index in [1.807, 2.05) is 0 Å². The lowest BCUT2D eigenvalue weighted by Crippen LogP contribution is -2.79. The zero-order valence-corrected chi connectivity index (χ0v) is 15.6. The Bertz CT molecular complexity index is 1050. The second-order valence-electron chi connectivity index (χ2n) is 7.00. The number of nitrogens with two attached hydrogens (primary N) is 2. The van der Waals surface area contributed by atoms with Crippen LogP contribution in [0.3, 0.4) is 0 Å². The van der Waals surface area contributed by atoms with Crippen LogP contribution >= 0.6 is 0 Å². The van der Waals surface area contributed by atoms with E-state index in [1.54, 1.807) is 0 Å². The van der Waals surface area contributed by atoms with Gasteiger partial charge in [0.15, 0.2) is 0 Å². The van der Waals surface area contributed by atoms with Crippen LogP contribution in [0.15, 0.2) is 36.4 Å². The third-order valence-corrected chi connectivity index (χ3v) is 4.72. The Labute approximate surface area is 173 Å². The molecule has 0 aliphatic heterocycles. The average molecular weight is 474 g/mol. The second-order valence-corrected chi connectivity index (χ2v) is 7.00. The van der Waals surface area contributed by atoms with Crippen LogP contribution < -0.4 is 20.9 Å². The highest BCUT2D eigenvalue weighted by molar-refractivity contribution is 5.56. The van der Waals surface area contributed by atoms with Gasteiger partial charge in [-0.3, -0.25) is 0 Å². The molecule has 32 heavy (non-hydrogen) atoms. The maximum atomic E-state index is 15.6. The van der Waals surface area contributed by atoms with Gasteiger partial charge in [0, 0.05) is 12.1 Å². The lowest BCUT2D eigenvalue weighted by Gasteiger charge is -2.50. The minimum atomic E-state index is -6.49. The summed E-state index contributed by atoms with van der Waals surface area (Å²) in [5, 5.41) is 18.7. The molecule has 3 rings (SSSR count). The molecule has 0 bridgehead atoms. The third-order valence-electron chi connectivity index (χ3n) is 4.72. The van der Waals surface area contributed by atoms with E-state index in [4.69, 9.17) is 11.5 Å². The van der Waals surface area contributed by atoms with E-state index in [9.17, 15) is 36.6 Å². The molecule has 0 radical (unpaired) electrons. The molecule has 0 spiro atoms. The number of hydrogen-bond acceptors (Lipinski definition) is 6. The molecule has 6 N–H and O–H groups in total. The molecular weight excluding hydrogens is 460 g/mol. The number of benzene rings is 2. The first-order valence-electron chi connectivity index (χ1n) is 8.54. The smallest absolute Gasteiger partial charge is 0.391 e. The zero-order valence-electron chi connectivity index (χ0n) is 15.6. The molecule has 2 atom stereocenters. The summed E-state index contributed by atoms with van der Waals surface area (Å²) in [4.78, 5) is 0. The second kappa shape index (κ2) is 6.84. The van der Waals surface area contributed by atoms with Crippen molar-refractivity contribution in [1.29, 1.82) is 0 Å². The van der Waals surface area contributed by atoms with Gasteiger partial charge < -0.3 is 31.2 Å². The summed E-state index contributed by atoms with van der Waals surface area (Å²) in [7, 11) is 0. The first kappa shape index (κ1) is 23.3. The predicted octanol–water partition coefficient (Wildman–Crippen LogP) is 4.36. The van der Waals surface area contributed by atoms with Crippen LogP contribution in [0.2, 0.25) is 0 Å². The van der Waals surface area contributed by atoms with Crippen molar-refractivity contribution >= 4 is 11.4 Å². The summed E-state index contributed by atoms with van der Waals surface area (Å²) in [5.74, 6) is -32.5. The van der Waals surface area contributed by atoms with Crippen molar-refractivity contribution < 1.29 is 54.8 Å². The van der Waals surface area contributed by atoms with Gasteiger partial charge in [-0.2, -0.15) is 35.1 Å². The van der Waals surface area contributed by atoms with Gasteiger partial charge in [-0.15, -0.1) is 0 Å². The van der Waals surface area contributed by atoms with Gasteiger partial charge in [-0.1, -0.05) is 0 Å². The molecule has 2 unspecified atom stereocenters. The van der Waals surface area contributed by atoms with Crippen LogP contribution in [0.1, 0.15) is 6.42 Å². The Morgan fingerprint density at radius 3 is 1.56 bits per heavy atom. The molecule has 1 fully saturated rings. The molecule has 1 aliphatic rings. The Balaban J connectivity index is 2.17. The standard InChI is InChI=1S/C18H14F8N2O4/c19-14(20)7-15(21,31-8-1-3-12(29)10(27)5-8)18(26,17(24,25)16(14,22)23)32-9-2-4-13(30)11(28)6-9/h1-6,29-30H,7,27-28H2. The van der Waals surface area contributed by atoms with Crippen LogP contribution in [0, 0.1) is 0 Å². The molecular formula is C18H14F8N2O4. The van der Waals surface area contributed by atoms with E-state index in [1.165, 1.54) is 0 Å². The number of hydrogen-bond donors (Lipinski definition) is 4. The van der Waals surface area contributed by atoms with Crippen LogP contribution in [0.4, 0.5) is 46.5 Å². The molecule has 0 amide bonds. The van der Waals surface area contributed by atoms with Crippen LogP contribution in [0.25, 0.3) is 0 Å². The molecule has 2 aromatic carbocycles. The topological polar surface area (TPSA) is 111 Å². The fraction of sp³-hybridized carbons (Fsp3) is 0.333. The van der Waals surface area contributed by atoms with E-state index >= 15 is 8.78 Å². The summed E-state index contributed by atoms with van der Waals surface area (Å²) < 4.78 is 124. The predicted molar refractivity (Wildman–Crippen MR) is 93.4 cm³/mol. The van der Waals surface area contributed by atoms with Gasteiger partial charge in [0.05, 0.1) is 17.8 Å². The fourth-order valence-electron chi connectivity index (χ4n) is 2.96. The third kappa shape index (κ3) is 3.15. The lowest BCUT2D eigenvalue weighted by molar-refractivity contribution is -0.460. The summed E-state index contributed by atoms with van der Waals surface area (Å²) in [6.07, 6.45) is -2.90. The molecule has 0 saturated heterocycles. The number of phenolic OH excluding ortho intramolecular Hbond substituents is 2. The molecule has 2 aromatic rings. The van der Waals surface area contributed by atoms with Gasteiger partial charge in [0.1, 0.15) is 23.0 Å². The number of rotatable bonds is 4. The minimum absolute atomic E-state index is 0.469. The first-order chi connectivity index (χ1) is 14.5. The van der Waals surface area contributed by atoms with Crippen molar-refractivity contribution in [3.8, 4) is 23.0 Å². The molecule has 176 valence electrons. The highest BCUT2D eigenvalue weighted by Crippen LogP contribution is 2.64. The van der Waals surface area contributed by atoms with Crippen molar-refractivity contribution in [1.82, 2.24) is 0 Å². The number of nitrogen functional groups attached to an aromatic ring is 2. The number of alkyl halides is 8. The maximum absolute atomic E-state index is 15.6. The molecule has 1 saturated carbocycles. The van der Waals surface area contributed by atoms with E-state index in [-0.39, 0.29) is 0 Å². The van der Waals surface area contributed by atoms with Gasteiger partial charge in [0.2, 0.25) is 0 Å². The number of aromatic hydroxyl groups is 2. The largest absolute Gasteiger partial charge is 0.506 e. The zero-order chi connectivity index (χ0) is 24.3. The summed E-state index contributed by atoms with van der Waals surface area (Å²) in [6, 6.07) is 3.60. The number of ether oxygens (including phenoxy) is 2. The molecule has 14 heteroatoms. The number of phenols is 2. The quantitative estimate of drug-likeness (QED) is 0.298. The van der Waals surface area contributed by atoms with Crippen LogP contribution in [-0.4, -0.2) is 39.7 Å². The Kier molecular flexibility index (Phi) is 4.99. The van der Waals surface area contributed by atoms with E-state index in [0.717, 1.165) is 6.07 Å². The summed E-state index contributed by atoms with van der Waals surface area (Å²) in [5.41, 5.74) is 9.43. The number of anilines is 2. The highest BCUT2D eigenvalue weighted by atomic mass is 19.3. The molecule has 0 heterocycles. The average Bonchev–Trinajstić information content (AvgIpc) is 2.66. The molecule has 0 aromatic heterocycles. The van der Waals surface area contributed by atoms with Gasteiger partial charge in [-0.05, 0) is 24.3 Å². The van der Waals surface area contributed by atoms with Gasteiger partial charge in [-0.25, -0.2) is 0 Å².